The Bertz CT molecular complexity index is 1350. The summed E-state index contributed by atoms with van der Waals surface area (Å²) >= 11 is 0. The molecule has 4 N–H and O–H groups in total. The van der Waals surface area contributed by atoms with Crippen molar-refractivity contribution < 1.29 is 10.0 Å². The summed E-state index contributed by atoms with van der Waals surface area (Å²) in [5, 5.41) is 23.1. The van der Waals surface area contributed by atoms with Crippen LogP contribution in [0, 0.1) is 0 Å². The maximum Gasteiger partial charge on any atom is 0.252 e. The van der Waals surface area contributed by atoms with Crippen LogP contribution < -0.4 is 10.6 Å². The van der Waals surface area contributed by atoms with E-state index in [1.807, 2.05) is 41.1 Å². The molecule has 0 bridgehead atoms. The van der Waals surface area contributed by atoms with E-state index in [2.05, 4.69) is 30.8 Å². The lowest BCUT2D eigenvalue weighted by molar-refractivity contribution is 0.0952. The lowest BCUT2D eigenvalue weighted by atomic mass is 10.1. The molecule has 0 aliphatic rings. The molecular formula is C20H18N8O2. The molecule has 150 valence electrons. The molecular weight excluding hydrogens is 384 g/mol. The molecule has 4 aromatic heterocycles. The van der Waals surface area contributed by atoms with Gasteiger partial charge in [-0.1, -0.05) is 6.07 Å². The number of carbonyl (C=O) groups is 1. The number of fused-ring (bicyclic) bond motifs is 2. The van der Waals surface area contributed by atoms with Gasteiger partial charge in [-0.25, -0.2) is 9.97 Å². The smallest absolute Gasteiger partial charge is 0.252 e. The molecule has 10 nitrogen and oxygen atoms in total. The normalized spacial score (nSPS) is 11.2. The highest BCUT2D eigenvalue weighted by atomic mass is 16.5. The van der Waals surface area contributed by atoms with Gasteiger partial charge in [-0.05, 0) is 24.3 Å². The van der Waals surface area contributed by atoms with Crippen LogP contribution in [-0.4, -0.2) is 40.4 Å². The summed E-state index contributed by atoms with van der Waals surface area (Å²) in [5.41, 5.74) is 4.53. The van der Waals surface area contributed by atoms with E-state index < -0.39 is 0 Å². The number of pyridine rings is 1. The molecule has 0 atom stereocenters. The van der Waals surface area contributed by atoms with E-state index in [4.69, 9.17) is 0 Å². The van der Waals surface area contributed by atoms with Crippen molar-refractivity contribution in [3.05, 3.63) is 78.4 Å². The minimum atomic E-state index is -0.176. The van der Waals surface area contributed by atoms with Crippen LogP contribution in [0.3, 0.4) is 0 Å². The number of benzene rings is 1. The molecule has 5 rings (SSSR count). The van der Waals surface area contributed by atoms with Crippen molar-refractivity contribution in [2.24, 2.45) is 0 Å². The first-order valence-electron chi connectivity index (χ1n) is 9.29. The monoisotopic (exact) mass is 402 g/mol. The zero-order valence-corrected chi connectivity index (χ0v) is 15.8. The SMILES string of the molecule is O=C(NCc1cn2cc(NCc3cn(O)cn3)ccc2n1)c1cccc2[nH]ncc12. The molecule has 0 saturated heterocycles. The third-order valence-electron chi connectivity index (χ3n) is 4.76. The number of imidazole rings is 2. The quantitative estimate of drug-likeness (QED) is 0.323. The van der Waals surface area contributed by atoms with Gasteiger partial charge in [0.2, 0.25) is 0 Å². The number of carbonyl (C=O) groups excluding carboxylic acids is 1. The number of hydrogen-bond acceptors (Lipinski definition) is 6. The molecule has 0 unspecified atom stereocenters. The van der Waals surface area contributed by atoms with Crippen molar-refractivity contribution in [2.75, 3.05) is 5.32 Å². The van der Waals surface area contributed by atoms with E-state index in [-0.39, 0.29) is 5.91 Å². The molecule has 10 heteroatoms. The highest BCUT2D eigenvalue weighted by Gasteiger charge is 2.12. The van der Waals surface area contributed by atoms with Gasteiger partial charge in [0.25, 0.3) is 5.91 Å². The Morgan fingerprint density at radius 3 is 2.90 bits per heavy atom. The summed E-state index contributed by atoms with van der Waals surface area (Å²) in [6.07, 6.45) is 8.31. The summed E-state index contributed by atoms with van der Waals surface area (Å²) in [6, 6.07) is 9.28. The molecule has 5 aromatic rings. The van der Waals surface area contributed by atoms with Crippen LogP contribution in [0.2, 0.25) is 0 Å². The third kappa shape index (κ3) is 3.41. The number of aromatic nitrogens is 6. The molecule has 0 saturated carbocycles. The molecule has 30 heavy (non-hydrogen) atoms. The van der Waals surface area contributed by atoms with Gasteiger partial charge >= 0.3 is 0 Å². The zero-order chi connectivity index (χ0) is 20.5. The maximum atomic E-state index is 12.6. The number of rotatable bonds is 6. The van der Waals surface area contributed by atoms with Crippen LogP contribution in [0.15, 0.2) is 61.4 Å². The number of anilines is 1. The first-order chi connectivity index (χ1) is 14.7. The molecule has 1 aromatic carbocycles. The van der Waals surface area contributed by atoms with E-state index in [9.17, 15) is 10.0 Å². The number of amides is 1. The molecule has 0 aliphatic heterocycles. The predicted octanol–water partition coefficient (Wildman–Crippen LogP) is 2.19. The van der Waals surface area contributed by atoms with Crippen molar-refractivity contribution in [3.8, 4) is 0 Å². The number of hydrogen-bond donors (Lipinski definition) is 4. The predicted molar refractivity (Wildman–Crippen MR) is 109 cm³/mol. The molecule has 0 spiro atoms. The maximum absolute atomic E-state index is 12.6. The van der Waals surface area contributed by atoms with Crippen LogP contribution in [0.25, 0.3) is 16.6 Å². The van der Waals surface area contributed by atoms with Gasteiger partial charge in [-0.2, -0.15) is 9.83 Å². The number of nitrogens with one attached hydrogen (secondary N) is 3. The molecule has 4 heterocycles. The second kappa shape index (κ2) is 7.24. The largest absolute Gasteiger partial charge is 0.427 e. The number of aromatic amines is 1. The summed E-state index contributed by atoms with van der Waals surface area (Å²) in [7, 11) is 0. The minimum Gasteiger partial charge on any atom is -0.427 e. The van der Waals surface area contributed by atoms with Crippen molar-refractivity contribution in [1.82, 2.24) is 34.6 Å². The summed E-state index contributed by atoms with van der Waals surface area (Å²) in [4.78, 5) is 21.2. The fourth-order valence-corrected chi connectivity index (χ4v) is 3.30. The highest BCUT2D eigenvalue weighted by Crippen LogP contribution is 2.16. The van der Waals surface area contributed by atoms with Gasteiger partial charge in [0.1, 0.15) is 12.0 Å². The van der Waals surface area contributed by atoms with Gasteiger partial charge in [0, 0.05) is 17.8 Å². The molecule has 0 radical (unpaired) electrons. The fraction of sp³-hybridized carbons (Fsp3) is 0.100. The zero-order valence-electron chi connectivity index (χ0n) is 15.8. The Kier molecular flexibility index (Phi) is 4.28. The third-order valence-corrected chi connectivity index (χ3v) is 4.76. The Morgan fingerprint density at radius 1 is 1.10 bits per heavy atom. The standard InChI is InChI=1S/C20H18N8O2/c29-20(16-2-1-3-18-17(16)8-24-26-18)22-7-15-10-27-9-13(4-5-19(27)25-15)21-6-14-11-28(30)12-23-14/h1-5,8-12,21,30H,6-7H2,(H,22,29)(H,24,26). The second-order valence-electron chi connectivity index (χ2n) is 6.83. The van der Waals surface area contributed by atoms with E-state index in [1.165, 1.54) is 12.5 Å². The number of H-pyrrole nitrogens is 1. The molecule has 0 aliphatic carbocycles. The van der Waals surface area contributed by atoms with Crippen molar-refractivity contribution in [1.29, 1.82) is 0 Å². The van der Waals surface area contributed by atoms with E-state index in [0.29, 0.717) is 18.7 Å². The van der Waals surface area contributed by atoms with E-state index in [0.717, 1.165) is 38.4 Å². The minimum absolute atomic E-state index is 0.176. The van der Waals surface area contributed by atoms with Crippen LogP contribution in [0.1, 0.15) is 21.7 Å². The van der Waals surface area contributed by atoms with Crippen molar-refractivity contribution >= 4 is 28.1 Å². The summed E-state index contributed by atoms with van der Waals surface area (Å²) in [6.45, 7) is 0.793. The number of nitrogens with zero attached hydrogens (tertiary/aromatic N) is 5. The van der Waals surface area contributed by atoms with Gasteiger partial charge in [-0.15, -0.1) is 0 Å². The molecule has 1 amide bonds. The van der Waals surface area contributed by atoms with Crippen LogP contribution >= 0.6 is 0 Å². The van der Waals surface area contributed by atoms with Crippen LogP contribution in [0.5, 0.6) is 0 Å². The van der Waals surface area contributed by atoms with E-state index in [1.54, 1.807) is 12.3 Å². The highest BCUT2D eigenvalue weighted by molar-refractivity contribution is 6.05. The first-order valence-corrected chi connectivity index (χ1v) is 9.29. The first kappa shape index (κ1) is 17.7. The summed E-state index contributed by atoms with van der Waals surface area (Å²) in [5.74, 6) is -0.176. The average molecular weight is 402 g/mol. The lowest BCUT2D eigenvalue weighted by Gasteiger charge is -2.04. The Morgan fingerprint density at radius 2 is 2.03 bits per heavy atom. The summed E-state index contributed by atoms with van der Waals surface area (Å²) < 4.78 is 2.81. The molecule has 0 fully saturated rings. The van der Waals surface area contributed by atoms with Gasteiger partial charge in [0.15, 0.2) is 0 Å². The second-order valence-corrected chi connectivity index (χ2v) is 6.83. The fourth-order valence-electron chi connectivity index (χ4n) is 3.30. The topological polar surface area (TPSA) is 125 Å². The van der Waals surface area contributed by atoms with Gasteiger partial charge in [0.05, 0.1) is 53.6 Å². The average Bonchev–Trinajstić information content (AvgIpc) is 3.48. The van der Waals surface area contributed by atoms with Gasteiger partial charge in [-0.3, -0.25) is 9.89 Å². The Balaban J connectivity index is 1.27. The van der Waals surface area contributed by atoms with Crippen LogP contribution in [-0.2, 0) is 13.1 Å². The lowest BCUT2D eigenvalue weighted by Crippen LogP contribution is -2.23. The van der Waals surface area contributed by atoms with Crippen molar-refractivity contribution in [2.45, 2.75) is 13.1 Å². The van der Waals surface area contributed by atoms with E-state index >= 15 is 0 Å². The van der Waals surface area contributed by atoms with Crippen LogP contribution in [0.4, 0.5) is 5.69 Å². The van der Waals surface area contributed by atoms with Crippen molar-refractivity contribution in [3.63, 3.8) is 0 Å². The van der Waals surface area contributed by atoms with Gasteiger partial charge < -0.3 is 20.2 Å². The Hall–Kier alpha value is -4.34. The Labute approximate surface area is 170 Å².